The summed E-state index contributed by atoms with van der Waals surface area (Å²) in [6.45, 7) is 5.97. The third-order valence-electron chi connectivity index (χ3n) is 2.79. The molecule has 17 heavy (non-hydrogen) atoms. The Bertz CT molecular complexity index is 303. The van der Waals surface area contributed by atoms with E-state index >= 15 is 0 Å². The van der Waals surface area contributed by atoms with Gasteiger partial charge in [0.05, 0.1) is 13.2 Å². The van der Waals surface area contributed by atoms with Gasteiger partial charge in [-0.15, -0.1) is 0 Å². The Hall–Kier alpha value is -1.34. The number of rotatable bonds is 3. The highest BCUT2D eigenvalue weighted by atomic mass is 16.5. The molecule has 4 N–H and O–H groups in total. The Labute approximate surface area is 101 Å². The molecule has 1 aliphatic rings. The summed E-state index contributed by atoms with van der Waals surface area (Å²) in [5, 5.41) is 2.82. The zero-order valence-corrected chi connectivity index (χ0v) is 10.6. The Morgan fingerprint density at radius 1 is 1.71 bits per heavy atom. The number of nitrogens with zero attached hydrogens (tertiary/aromatic N) is 2. The van der Waals surface area contributed by atoms with Crippen molar-refractivity contribution in [3.05, 3.63) is 0 Å². The first-order valence-electron chi connectivity index (χ1n) is 5.60. The van der Waals surface area contributed by atoms with Crippen LogP contribution in [0, 0.1) is 0 Å². The van der Waals surface area contributed by atoms with Gasteiger partial charge in [-0.05, 0) is 13.8 Å². The molecule has 0 bridgehead atoms. The van der Waals surface area contributed by atoms with Crippen LogP contribution in [-0.2, 0) is 9.53 Å². The van der Waals surface area contributed by atoms with Gasteiger partial charge in [0.25, 0.3) is 0 Å². The molecule has 0 radical (unpaired) electrons. The topological polar surface area (TPSA) is 92.0 Å². The molecule has 0 aliphatic carbocycles. The molecule has 1 heterocycles. The minimum Gasteiger partial charge on any atom is -0.383 e. The first-order chi connectivity index (χ1) is 8.04. The number of guanidine groups is 1. The molecule has 0 aromatic rings. The van der Waals surface area contributed by atoms with Crippen LogP contribution in [0.15, 0.2) is 4.99 Å². The average molecular weight is 243 g/mol. The second-order valence-electron chi connectivity index (χ2n) is 4.31. The molecule has 0 spiro atoms. The summed E-state index contributed by atoms with van der Waals surface area (Å²) in [4.78, 5) is 17.9. The summed E-state index contributed by atoms with van der Waals surface area (Å²) in [7, 11) is 1.61. The fourth-order valence-corrected chi connectivity index (χ4v) is 1.72. The van der Waals surface area contributed by atoms with Gasteiger partial charge in [-0.3, -0.25) is 10.2 Å². The van der Waals surface area contributed by atoms with Crippen LogP contribution in [0.3, 0.4) is 0 Å². The van der Waals surface area contributed by atoms with Crippen LogP contribution in [0.25, 0.3) is 0 Å². The summed E-state index contributed by atoms with van der Waals surface area (Å²) >= 11 is 0. The molecule has 0 aromatic heterocycles. The van der Waals surface area contributed by atoms with Gasteiger partial charge < -0.3 is 15.0 Å². The first kappa shape index (κ1) is 13.7. The van der Waals surface area contributed by atoms with Crippen LogP contribution < -0.4 is 16.6 Å². The van der Waals surface area contributed by atoms with E-state index in [0.29, 0.717) is 32.2 Å². The van der Waals surface area contributed by atoms with Gasteiger partial charge in [0, 0.05) is 20.2 Å². The lowest BCUT2D eigenvalue weighted by molar-refractivity contribution is -0.132. The zero-order chi connectivity index (χ0) is 12.9. The van der Waals surface area contributed by atoms with Crippen molar-refractivity contribution < 1.29 is 9.53 Å². The van der Waals surface area contributed by atoms with Crippen molar-refractivity contribution in [2.24, 2.45) is 10.8 Å². The maximum absolute atomic E-state index is 11.8. The predicted molar refractivity (Wildman–Crippen MR) is 65.3 cm³/mol. The van der Waals surface area contributed by atoms with Gasteiger partial charge in [-0.2, -0.15) is 0 Å². The zero-order valence-electron chi connectivity index (χ0n) is 10.6. The van der Waals surface area contributed by atoms with E-state index in [1.807, 2.05) is 18.7 Å². The van der Waals surface area contributed by atoms with Crippen molar-refractivity contribution in [2.45, 2.75) is 19.4 Å². The number of nitrogens with two attached hydrogens (primary N) is 1. The Kier molecular flexibility index (Phi) is 4.71. The summed E-state index contributed by atoms with van der Waals surface area (Å²) in [6.07, 6.45) is 0. The SMILES string of the molecule is COCCN=C(NN)N1CCNC(=O)C1(C)C. The van der Waals surface area contributed by atoms with Crippen LogP contribution in [-0.4, -0.2) is 55.7 Å². The fraction of sp³-hybridized carbons (Fsp3) is 0.800. The molecular formula is C10H21N5O2. The third kappa shape index (κ3) is 3.07. The van der Waals surface area contributed by atoms with Crippen molar-refractivity contribution >= 4 is 11.9 Å². The minimum absolute atomic E-state index is 0.0292. The number of hydrogen-bond donors (Lipinski definition) is 3. The van der Waals surface area contributed by atoms with E-state index in [-0.39, 0.29) is 5.91 Å². The predicted octanol–water partition coefficient (Wildman–Crippen LogP) is -1.34. The highest BCUT2D eigenvalue weighted by Crippen LogP contribution is 2.17. The molecule has 0 saturated carbocycles. The number of amides is 1. The summed E-state index contributed by atoms with van der Waals surface area (Å²) in [5.74, 6) is 5.94. The smallest absolute Gasteiger partial charge is 0.245 e. The average Bonchev–Trinajstić information content (AvgIpc) is 2.29. The van der Waals surface area contributed by atoms with Crippen molar-refractivity contribution in [3.63, 3.8) is 0 Å². The van der Waals surface area contributed by atoms with Crippen molar-refractivity contribution in [1.82, 2.24) is 15.6 Å². The van der Waals surface area contributed by atoms with E-state index in [1.54, 1.807) is 7.11 Å². The number of hydrogen-bond acceptors (Lipinski definition) is 4. The fourth-order valence-electron chi connectivity index (χ4n) is 1.72. The van der Waals surface area contributed by atoms with Gasteiger partial charge in [0.2, 0.25) is 11.9 Å². The number of aliphatic imine (C=N–C) groups is 1. The van der Waals surface area contributed by atoms with Crippen LogP contribution in [0.2, 0.25) is 0 Å². The van der Waals surface area contributed by atoms with Gasteiger partial charge in [-0.25, -0.2) is 10.8 Å². The molecule has 0 atom stereocenters. The number of piperazine rings is 1. The summed E-state index contributed by atoms with van der Waals surface area (Å²) in [6, 6.07) is 0. The van der Waals surface area contributed by atoms with Crippen LogP contribution >= 0.6 is 0 Å². The Morgan fingerprint density at radius 3 is 3.00 bits per heavy atom. The second kappa shape index (κ2) is 5.83. The van der Waals surface area contributed by atoms with Crippen molar-refractivity contribution in [2.75, 3.05) is 33.4 Å². The summed E-state index contributed by atoms with van der Waals surface area (Å²) in [5.41, 5.74) is 1.89. The quantitative estimate of drug-likeness (QED) is 0.188. The molecule has 1 rings (SSSR count). The number of carbonyl (C=O) groups excluding carboxylic acids is 1. The minimum atomic E-state index is -0.656. The van der Waals surface area contributed by atoms with Gasteiger partial charge >= 0.3 is 0 Å². The summed E-state index contributed by atoms with van der Waals surface area (Å²) < 4.78 is 4.92. The second-order valence-corrected chi connectivity index (χ2v) is 4.31. The maximum Gasteiger partial charge on any atom is 0.245 e. The monoisotopic (exact) mass is 243 g/mol. The van der Waals surface area contributed by atoms with Crippen LogP contribution in [0.1, 0.15) is 13.8 Å². The van der Waals surface area contributed by atoms with Crippen LogP contribution in [0.4, 0.5) is 0 Å². The maximum atomic E-state index is 11.8. The van der Waals surface area contributed by atoms with E-state index in [9.17, 15) is 4.79 Å². The van der Waals surface area contributed by atoms with E-state index in [2.05, 4.69) is 15.7 Å². The lowest BCUT2D eigenvalue weighted by Gasteiger charge is -2.42. The van der Waals surface area contributed by atoms with Crippen molar-refractivity contribution in [1.29, 1.82) is 0 Å². The highest BCUT2D eigenvalue weighted by Gasteiger charge is 2.39. The molecule has 98 valence electrons. The lowest BCUT2D eigenvalue weighted by atomic mass is 9.99. The molecule has 0 aromatic carbocycles. The largest absolute Gasteiger partial charge is 0.383 e. The van der Waals surface area contributed by atoms with E-state index in [0.717, 1.165) is 0 Å². The molecule has 7 heteroatoms. The van der Waals surface area contributed by atoms with Gasteiger partial charge in [0.1, 0.15) is 5.54 Å². The number of ether oxygens (including phenoxy) is 1. The number of methoxy groups -OCH3 is 1. The number of nitrogens with one attached hydrogen (secondary N) is 2. The third-order valence-corrected chi connectivity index (χ3v) is 2.79. The van der Waals surface area contributed by atoms with E-state index in [4.69, 9.17) is 10.6 Å². The normalized spacial score (nSPS) is 20.1. The number of carbonyl (C=O) groups is 1. The molecule has 1 aliphatic heterocycles. The first-order valence-corrected chi connectivity index (χ1v) is 5.60. The molecule has 1 saturated heterocycles. The molecule has 1 amide bonds. The molecular weight excluding hydrogens is 222 g/mol. The van der Waals surface area contributed by atoms with E-state index < -0.39 is 5.54 Å². The Balaban J connectivity index is 2.79. The number of hydrazine groups is 1. The highest BCUT2D eigenvalue weighted by molar-refractivity contribution is 5.92. The van der Waals surface area contributed by atoms with Gasteiger partial charge in [0.15, 0.2) is 0 Å². The molecule has 1 fully saturated rings. The van der Waals surface area contributed by atoms with Crippen LogP contribution in [0.5, 0.6) is 0 Å². The standard InChI is InChI=1S/C10H21N5O2/c1-10(2)8(16)12-4-6-15(10)9(14-11)13-5-7-17-3/h4-7,11H2,1-3H3,(H,12,16)(H,13,14). The van der Waals surface area contributed by atoms with Crippen molar-refractivity contribution in [3.8, 4) is 0 Å². The van der Waals surface area contributed by atoms with E-state index in [1.165, 1.54) is 0 Å². The Morgan fingerprint density at radius 2 is 2.41 bits per heavy atom. The van der Waals surface area contributed by atoms with Gasteiger partial charge in [-0.1, -0.05) is 0 Å². The molecule has 0 unspecified atom stereocenters. The lowest BCUT2D eigenvalue weighted by Crippen LogP contribution is -2.66. The molecule has 7 nitrogen and oxygen atoms in total.